The summed E-state index contributed by atoms with van der Waals surface area (Å²) in [6, 6.07) is 0.720. The smallest absolute Gasteiger partial charge is 0.226 e. The molecule has 4 heteroatoms. The number of piperidine rings is 2. The Kier molecular flexibility index (Phi) is 6.96. The minimum atomic E-state index is 0.269. The Morgan fingerprint density at radius 3 is 2.25 bits per heavy atom. The Morgan fingerprint density at radius 2 is 1.58 bits per heavy atom. The van der Waals surface area contributed by atoms with Gasteiger partial charge in [-0.05, 0) is 71.1 Å². The number of hydrogen-bond donors (Lipinski definition) is 0. The molecule has 1 amide bonds. The molecule has 3 aliphatic rings. The molecule has 3 saturated heterocycles. The van der Waals surface area contributed by atoms with Crippen molar-refractivity contribution < 1.29 is 4.79 Å². The van der Waals surface area contributed by atoms with Crippen molar-refractivity contribution in [3.8, 4) is 0 Å². The second-order valence-electron chi connectivity index (χ2n) is 8.15. The average Bonchev–Trinajstić information content (AvgIpc) is 2.91. The van der Waals surface area contributed by atoms with Crippen LogP contribution < -0.4 is 0 Å². The quantitative estimate of drug-likeness (QED) is 0.790. The maximum atomic E-state index is 13.0. The van der Waals surface area contributed by atoms with Gasteiger partial charge < -0.3 is 9.80 Å². The summed E-state index contributed by atoms with van der Waals surface area (Å²) in [5.41, 5.74) is 0. The van der Waals surface area contributed by atoms with Gasteiger partial charge in [0.1, 0.15) is 0 Å². The molecule has 0 aromatic carbocycles. The van der Waals surface area contributed by atoms with E-state index >= 15 is 0 Å². The molecule has 24 heavy (non-hydrogen) atoms. The van der Waals surface area contributed by atoms with Gasteiger partial charge in [-0.25, -0.2) is 0 Å². The highest BCUT2D eigenvalue weighted by Crippen LogP contribution is 2.26. The number of amides is 1. The van der Waals surface area contributed by atoms with Gasteiger partial charge in [0.15, 0.2) is 0 Å². The highest BCUT2D eigenvalue weighted by atomic mass is 16.2. The van der Waals surface area contributed by atoms with Crippen LogP contribution in [-0.2, 0) is 4.79 Å². The molecule has 0 N–H and O–H groups in total. The zero-order valence-corrected chi connectivity index (χ0v) is 15.7. The van der Waals surface area contributed by atoms with Gasteiger partial charge in [0.2, 0.25) is 5.91 Å². The van der Waals surface area contributed by atoms with Gasteiger partial charge in [0.05, 0.1) is 5.92 Å². The minimum Gasteiger partial charge on any atom is -0.342 e. The molecule has 0 saturated carbocycles. The maximum absolute atomic E-state index is 13.0. The first-order valence-corrected chi connectivity index (χ1v) is 10.5. The van der Waals surface area contributed by atoms with Crippen LogP contribution in [0.2, 0.25) is 0 Å². The Hall–Kier alpha value is -0.610. The molecule has 0 bridgehead atoms. The van der Waals surface area contributed by atoms with Crippen LogP contribution in [0.1, 0.15) is 64.7 Å². The van der Waals surface area contributed by atoms with Crippen molar-refractivity contribution in [2.24, 2.45) is 5.92 Å². The number of hydrogen-bond acceptors (Lipinski definition) is 3. The van der Waals surface area contributed by atoms with Gasteiger partial charge in [0, 0.05) is 25.7 Å². The summed E-state index contributed by atoms with van der Waals surface area (Å²) in [6.45, 7) is 10.3. The first-order valence-electron chi connectivity index (χ1n) is 10.5. The van der Waals surface area contributed by atoms with Gasteiger partial charge >= 0.3 is 0 Å². The van der Waals surface area contributed by atoms with E-state index < -0.39 is 0 Å². The summed E-state index contributed by atoms with van der Waals surface area (Å²) in [5, 5.41) is 0. The molecule has 1 atom stereocenters. The monoisotopic (exact) mass is 335 g/mol. The fraction of sp³-hybridized carbons (Fsp3) is 0.950. The number of nitrogens with zero attached hydrogens (tertiary/aromatic N) is 3. The minimum absolute atomic E-state index is 0.269. The van der Waals surface area contributed by atoms with Crippen LogP contribution in [0.5, 0.6) is 0 Å². The summed E-state index contributed by atoms with van der Waals surface area (Å²) >= 11 is 0. The molecule has 4 nitrogen and oxygen atoms in total. The number of carbonyl (C=O) groups excluding carboxylic acids is 1. The van der Waals surface area contributed by atoms with Crippen LogP contribution >= 0.6 is 0 Å². The average molecular weight is 336 g/mol. The summed E-state index contributed by atoms with van der Waals surface area (Å²) in [4.78, 5) is 20.4. The van der Waals surface area contributed by atoms with Gasteiger partial charge in [-0.3, -0.25) is 9.69 Å². The lowest BCUT2D eigenvalue weighted by Crippen LogP contribution is -2.51. The van der Waals surface area contributed by atoms with Gasteiger partial charge in [0.25, 0.3) is 0 Å². The van der Waals surface area contributed by atoms with Crippen LogP contribution in [0.25, 0.3) is 0 Å². The van der Waals surface area contributed by atoms with Crippen LogP contribution in [0, 0.1) is 5.92 Å². The fourth-order valence-corrected chi connectivity index (χ4v) is 4.91. The second-order valence-corrected chi connectivity index (χ2v) is 8.15. The lowest BCUT2D eigenvalue weighted by Gasteiger charge is -2.42. The van der Waals surface area contributed by atoms with Crippen molar-refractivity contribution in [2.45, 2.75) is 70.8 Å². The Labute approximate surface area is 148 Å². The van der Waals surface area contributed by atoms with Gasteiger partial charge in [-0.15, -0.1) is 0 Å². The molecule has 0 unspecified atom stereocenters. The third-order valence-corrected chi connectivity index (χ3v) is 6.33. The number of rotatable bonds is 4. The normalized spacial score (nSPS) is 28.7. The number of likely N-dealkylation sites (tertiary alicyclic amines) is 3. The molecule has 0 aromatic rings. The van der Waals surface area contributed by atoms with Crippen molar-refractivity contribution >= 4 is 5.91 Å². The predicted molar refractivity (Wildman–Crippen MR) is 99.1 cm³/mol. The van der Waals surface area contributed by atoms with Gasteiger partial charge in [-0.2, -0.15) is 0 Å². The third kappa shape index (κ3) is 4.72. The van der Waals surface area contributed by atoms with E-state index in [0.29, 0.717) is 5.91 Å². The lowest BCUT2D eigenvalue weighted by molar-refractivity contribution is -0.137. The van der Waals surface area contributed by atoms with E-state index in [9.17, 15) is 4.79 Å². The van der Waals surface area contributed by atoms with Crippen molar-refractivity contribution in [3.63, 3.8) is 0 Å². The molecule has 3 aliphatic heterocycles. The highest BCUT2D eigenvalue weighted by molar-refractivity contribution is 5.79. The molecule has 3 heterocycles. The molecule has 0 aromatic heterocycles. The topological polar surface area (TPSA) is 26.8 Å². The summed E-state index contributed by atoms with van der Waals surface area (Å²) < 4.78 is 0. The van der Waals surface area contributed by atoms with Crippen molar-refractivity contribution in [3.05, 3.63) is 0 Å². The van der Waals surface area contributed by atoms with E-state index in [2.05, 4.69) is 21.6 Å². The highest BCUT2D eigenvalue weighted by Gasteiger charge is 2.33. The van der Waals surface area contributed by atoms with E-state index in [1.54, 1.807) is 0 Å². The van der Waals surface area contributed by atoms with Crippen LogP contribution in [-0.4, -0.2) is 72.5 Å². The zero-order valence-electron chi connectivity index (χ0n) is 15.7. The summed E-state index contributed by atoms with van der Waals surface area (Å²) in [5.74, 6) is 0.732. The van der Waals surface area contributed by atoms with Crippen molar-refractivity contribution in [1.29, 1.82) is 0 Å². The largest absolute Gasteiger partial charge is 0.342 e. The van der Waals surface area contributed by atoms with E-state index in [1.165, 1.54) is 77.5 Å². The Bertz CT molecular complexity index is 384. The first-order chi connectivity index (χ1) is 11.8. The molecule has 3 fully saturated rings. The van der Waals surface area contributed by atoms with E-state index in [0.717, 1.165) is 32.1 Å². The molecular weight excluding hydrogens is 298 g/mol. The Morgan fingerprint density at radius 1 is 0.875 bits per heavy atom. The standard InChI is InChI=1S/C20H37N3O/c1-2-11-21-15-9-19(10-16-21)23-14-7-8-18(17-23)20(24)22-12-5-3-4-6-13-22/h18-19H,2-17H2,1H3/t18-/m1/s1. The molecule has 0 aliphatic carbocycles. The fourth-order valence-electron chi connectivity index (χ4n) is 4.91. The first kappa shape index (κ1) is 18.2. The third-order valence-electron chi connectivity index (χ3n) is 6.33. The molecule has 3 rings (SSSR count). The Balaban J connectivity index is 1.50. The van der Waals surface area contributed by atoms with E-state index in [1.807, 2.05) is 0 Å². The maximum Gasteiger partial charge on any atom is 0.226 e. The second kappa shape index (κ2) is 9.19. The summed E-state index contributed by atoms with van der Waals surface area (Å²) in [6.07, 6.45) is 11.2. The van der Waals surface area contributed by atoms with Crippen LogP contribution in [0.15, 0.2) is 0 Å². The van der Waals surface area contributed by atoms with E-state index in [4.69, 9.17) is 0 Å². The van der Waals surface area contributed by atoms with E-state index in [-0.39, 0.29) is 5.92 Å². The van der Waals surface area contributed by atoms with Crippen LogP contribution in [0.3, 0.4) is 0 Å². The van der Waals surface area contributed by atoms with Crippen molar-refractivity contribution in [2.75, 3.05) is 45.8 Å². The van der Waals surface area contributed by atoms with Crippen molar-refractivity contribution in [1.82, 2.24) is 14.7 Å². The number of carbonyl (C=O) groups is 1. The lowest BCUT2D eigenvalue weighted by atomic mass is 9.92. The van der Waals surface area contributed by atoms with Gasteiger partial charge in [-0.1, -0.05) is 19.8 Å². The molecular formula is C20H37N3O. The summed E-state index contributed by atoms with van der Waals surface area (Å²) in [7, 11) is 0. The zero-order chi connectivity index (χ0) is 16.8. The SMILES string of the molecule is CCCN1CCC(N2CCC[C@@H](C(=O)N3CCCCCC3)C2)CC1. The van der Waals surface area contributed by atoms with Crippen LogP contribution in [0.4, 0.5) is 0 Å². The molecule has 0 spiro atoms. The molecule has 0 radical (unpaired) electrons. The molecule has 138 valence electrons. The predicted octanol–water partition coefficient (Wildman–Crippen LogP) is 2.98.